The first kappa shape index (κ1) is 20.3. The van der Waals surface area contributed by atoms with E-state index in [-0.39, 0.29) is 0 Å². The van der Waals surface area contributed by atoms with Crippen LogP contribution in [0.2, 0.25) is 0 Å². The quantitative estimate of drug-likeness (QED) is 0.538. The van der Waals surface area contributed by atoms with Crippen molar-refractivity contribution >= 4 is 0 Å². The first-order valence-electron chi connectivity index (χ1n) is 11.3. The van der Waals surface area contributed by atoms with Crippen molar-refractivity contribution in [3.63, 3.8) is 0 Å². The minimum absolute atomic E-state index is 0.570. The molecule has 1 nitrogen and oxygen atoms in total. The molecule has 0 bridgehead atoms. The summed E-state index contributed by atoms with van der Waals surface area (Å²) in [6.45, 7) is 8.73. The van der Waals surface area contributed by atoms with Gasteiger partial charge >= 0.3 is 0 Å². The molecule has 24 heavy (non-hydrogen) atoms. The highest BCUT2D eigenvalue weighted by Crippen LogP contribution is 2.33. The van der Waals surface area contributed by atoms with Crippen LogP contribution in [0.4, 0.5) is 0 Å². The number of hydrogen-bond acceptors (Lipinski definition) is 1. The molecule has 0 amide bonds. The molecule has 2 fully saturated rings. The van der Waals surface area contributed by atoms with Gasteiger partial charge in [-0.1, -0.05) is 78.6 Å². The van der Waals surface area contributed by atoms with Crippen LogP contribution in [0.1, 0.15) is 117 Å². The van der Waals surface area contributed by atoms with Gasteiger partial charge in [0.05, 0.1) is 0 Å². The van der Waals surface area contributed by atoms with Crippen molar-refractivity contribution in [3.8, 4) is 0 Å². The SMILES string of the molecule is CC1CCCCCC(C2CCCC(C)(C)CCCCCN2)CCC1. The Morgan fingerprint density at radius 1 is 0.667 bits per heavy atom. The van der Waals surface area contributed by atoms with Crippen LogP contribution in [0.15, 0.2) is 0 Å². The van der Waals surface area contributed by atoms with Gasteiger partial charge < -0.3 is 5.32 Å². The Labute approximate surface area is 152 Å². The van der Waals surface area contributed by atoms with Gasteiger partial charge in [0.25, 0.3) is 0 Å². The first-order valence-corrected chi connectivity index (χ1v) is 11.3. The van der Waals surface area contributed by atoms with E-state index in [1.807, 2.05) is 0 Å². The van der Waals surface area contributed by atoms with Gasteiger partial charge in [-0.3, -0.25) is 0 Å². The van der Waals surface area contributed by atoms with Crippen LogP contribution >= 0.6 is 0 Å². The van der Waals surface area contributed by atoms with E-state index >= 15 is 0 Å². The number of nitrogens with one attached hydrogen (secondary N) is 1. The summed E-state index contributed by atoms with van der Waals surface area (Å²) in [6.07, 6.45) is 21.7. The van der Waals surface area contributed by atoms with Crippen LogP contribution in [0, 0.1) is 17.3 Å². The van der Waals surface area contributed by atoms with E-state index < -0.39 is 0 Å². The standard InChI is InChI=1S/C23H45N/c1-20-12-6-4-7-14-21(15-10-13-20)22-16-11-18-23(2,3)17-8-5-9-19-24-22/h20-22,24H,4-19H2,1-3H3. The van der Waals surface area contributed by atoms with Crippen molar-refractivity contribution in [3.05, 3.63) is 0 Å². The van der Waals surface area contributed by atoms with Gasteiger partial charge in [0.1, 0.15) is 0 Å². The normalized spacial score (nSPS) is 34.9. The lowest BCUT2D eigenvalue weighted by Crippen LogP contribution is -2.37. The maximum atomic E-state index is 4.01. The smallest absolute Gasteiger partial charge is 0.00953 e. The molecule has 3 unspecified atom stereocenters. The van der Waals surface area contributed by atoms with Crippen molar-refractivity contribution in [1.29, 1.82) is 0 Å². The molecule has 142 valence electrons. The summed E-state index contributed by atoms with van der Waals surface area (Å²) < 4.78 is 0. The van der Waals surface area contributed by atoms with E-state index in [1.165, 1.54) is 103 Å². The lowest BCUT2D eigenvalue weighted by Gasteiger charge is -2.31. The summed E-state index contributed by atoms with van der Waals surface area (Å²) in [5, 5.41) is 4.01. The van der Waals surface area contributed by atoms with Crippen molar-refractivity contribution in [2.45, 2.75) is 123 Å². The van der Waals surface area contributed by atoms with Crippen LogP contribution in [0.5, 0.6) is 0 Å². The van der Waals surface area contributed by atoms with E-state index in [9.17, 15) is 0 Å². The third-order valence-corrected chi connectivity index (χ3v) is 6.92. The number of rotatable bonds is 1. The predicted octanol–water partition coefficient (Wildman–Crippen LogP) is 7.10. The molecule has 1 heteroatoms. The molecule has 0 aromatic carbocycles. The van der Waals surface area contributed by atoms with Gasteiger partial charge in [-0.2, -0.15) is 0 Å². The third-order valence-electron chi connectivity index (χ3n) is 6.92. The maximum Gasteiger partial charge on any atom is 0.00953 e. The van der Waals surface area contributed by atoms with E-state index in [1.54, 1.807) is 0 Å². The van der Waals surface area contributed by atoms with Crippen molar-refractivity contribution in [2.75, 3.05) is 6.54 Å². The monoisotopic (exact) mass is 335 g/mol. The molecule has 2 rings (SSSR count). The molecule has 1 saturated heterocycles. The molecule has 0 spiro atoms. The summed E-state index contributed by atoms with van der Waals surface area (Å²) in [4.78, 5) is 0. The highest BCUT2D eigenvalue weighted by Gasteiger charge is 2.24. The van der Waals surface area contributed by atoms with Crippen molar-refractivity contribution in [1.82, 2.24) is 5.32 Å². The molecule has 0 aromatic heterocycles. The van der Waals surface area contributed by atoms with Crippen molar-refractivity contribution in [2.24, 2.45) is 17.3 Å². The Bertz CT molecular complexity index is 322. The minimum atomic E-state index is 0.570. The predicted molar refractivity (Wildman–Crippen MR) is 107 cm³/mol. The second-order valence-electron chi connectivity index (χ2n) is 9.86. The average molecular weight is 336 g/mol. The van der Waals surface area contributed by atoms with E-state index in [0.717, 1.165) is 17.9 Å². The molecule has 1 heterocycles. The zero-order valence-corrected chi connectivity index (χ0v) is 17.0. The summed E-state index contributed by atoms with van der Waals surface area (Å²) in [5.41, 5.74) is 0.570. The second kappa shape index (κ2) is 10.8. The molecule has 0 aromatic rings. The summed E-state index contributed by atoms with van der Waals surface area (Å²) in [6, 6.07) is 0.800. The van der Waals surface area contributed by atoms with Crippen LogP contribution in [-0.2, 0) is 0 Å². The zero-order chi connectivity index (χ0) is 17.3. The lowest BCUT2D eigenvalue weighted by atomic mass is 9.79. The highest BCUT2D eigenvalue weighted by molar-refractivity contribution is 4.80. The summed E-state index contributed by atoms with van der Waals surface area (Å²) >= 11 is 0. The molecule has 1 aliphatic carbocycles. The summed E-state index contributed by atoms with van der Waals surface area (Å²) in [5.74, 6) is 1.91. The van der Waals surface area contributed by atoms with Crippen LogP contribution in [0.25, 0.3) is 0 Å². The van der Waals surface area contributed by atoms with Crippen molar-refractivity contribution < 1.29 is 0 Å². The van der Waals surface area contributed by atoms with Crippen LogP contribution in [0.3, 0.4) is 0 Å². The zero-order valence-electron chi connectivity index (χ0n) is 17.0. The Kier molecular flexibility index (Phi) is 9.16. The molecule has 1 aliphatic heterocycles. The Morgan fingerprint density at radius 3 is 2.21 bits per heavy atom. The molecule has 1 saturated carbocycles. The maximum absolute atomic E-state index is 4.01. The molecule has 1 N–H and O–H groups in total. The summed E-state index contributed by atoms with van der Waals surface area (Å²) in [7, 11) is 0. The molecular weight excluding hydrogens is 290 g/mol. The van der Waals surface area contributed by atoms with Gasteiger partial charge in [-0.15, -0.1) is 0 Å². The topological polar surface area (TPSA) is 12.0 Å². The highest BCUT2D eigenvalue weighted by atomic mass is 14.9. The van der Waals surface area contributed by atoms with Gasteiger partial charge in [-0.05, 0) is 62.3 Å². The fraction of sp³-hybridized carbons (Fsp3) is 1.00. The molecule has 2 aliphatic rings. The second-order valence-corrected chi connectivity index (χ2v) is 9.86. The lowest BCUT2D eigenvalue weighted by molar-refractivity contribution is 0.247. The third kappa shape index (κ3) is 7.89. The molecule has 0 radical (unpaired) electrons. The van der Waals surface area contributed by atoms with Crippen LogP contribution in [-0.4, -0.2) is 12.6 Å². The average Bonchev–Trinajstić information content (AvgIpc) is 2.58. The Balaban J connectivity index is 1.90. The number of hydrogen-bond donors (Lipinski definition) is 1. The van der Waals surface area contributed by atoms with Gasteiger partial charge in [0.2, 0.25) is 0 Å². The van der Waals surface area contributed by atoms with Gasteiger partial charge in [0.15, 0.2) is 0 Å². The van der Waals surface area contributed by atoms with Crippen LogP contribution < -0.4 is 5.32 Å². The molecule has 3 atom stereocenters. The van der Waals surface area contributed by atoms with E-state index in [0.29, 0.717) is 5.41 Å². The molecular formula is C23H45N. The fourth-order valence-electron chi connectivity index (χ4n) is 5.12. The van der Waals surface area contributed by atoms with Gasteiger partial charge in [-0.25, -0.2) is 0 Å². The van der Waals surface area contributed by atoms with E-state index in [2.05, 4.69) is 26.1 Å². The largest absolute Gasteiger partial charge is 0.314 e. The Hall–Kier alpha value is -0.0400. The van der Waals surface area contributed by atoms with Gasteiger partial charge in [0, 0.05) is 6.04 Å². The first-order chi connectivity index (χ1) is 11.6. The fourth-order valence-corrected chi connectivity index (χ4v) is 5.12. The van der Waals surface area contributed by atoms with E-state index in [4.69, 9.17) is 0 Å². The Morgan fingerprint density at radius 2 is 1.33 bits per heavy atom. The minimum Gasteiger partial charge on any atom is -0.314 e.